The molecular formula is C20H20N6S. The van der Waals surface area contributed by atoms with Crippen LogP contribution in [0, 0.1) is 0 Å². The van der Waals surface area contributed by atoms with Crippen molar-refractivity contribution in [2.24, 2.45) is 0 Å². The molecule has 1 aromatic carbocycles. The van der Waals surface area contributed by atoms with Crippen molar-refractivity contribution in [2.75, 3.05) is 30.9 Å². The molecule has 4 rings (SSSR count). The van der Waals surface area contributed by atoms with Gasteiger partial charge in [0, 0.05) is 50.5 Å². The number of fused-ring (bicyclic) bond motifs is 1. The van der Waals surface area contributed by atoms with Gasteiger partial charge in [0.1, 0.15) is 17.0 Å². The average Bonchev–Trinajstić information content (AvgIpc) is 3.13. The fraction of sp³-hybridized carbons (Fsp3) is 0.200. The first-order chi connectivity index (χ1) is 13.1. The summed E-state index contributed by atoms with van der Waals surface area (Å²) in [5.74, 6) is 1.62. The first-order valence-electron chi connectivity index (χ1n) is 8.61. The molecule has 6 nitrogen and oxygen atoms in total. The molecule has 0 amide bonds. The van der Waals surface area contributed by atoms with Crippen molar-refractivity contribution in [1.82, 2.24) is 19.9 Å². The second kappa shape index (κ2) is 7.28. The fourth-order valence-corrected chi connectivity index (χ4v) is 3.90. The quantitative estimate of drug-likeness (QED) is 0.527. The van der Waals surface area contributed by atoms with Crippen LogP contribution in [0.1, 0.15) is 5.56 Å². The van der Waals surface area contributed by atoms with Crippen LogP contribution < -0.4 is 9.80 Å². The van der Waals surface area contributed by atoms with Crippen LogP contribution in [0.15, 0.2) is 55.1 Å². The monoisotopic (exact) mass is 376 g/mol. The summed E-state index contributed by atoms with van der Waals surface area (Å²) in [7, 11) is 5.89. The number of hydrogen-bond acceptors (Lipinski definition) is 7. The summed E-state index contributed by atoms with van der Waals surface area (Å²) in [6.07, 6.45) is 5.35. The minimum Gasteiger partial charge on any atom is -0.355 e. The molecule has 3 aromatic heterocycles. The predicted octanol–water partition coefficient (Wildman–Crippen LogP) is 3.85. The summed E-state index contributed by atoms with van der Waals surface area (Å²) in [6, 6.07) is 12.5. The van der Waals surface area contributed by atoms with Crippen molar-refractivity contribution in [3.05, 3.63) is 60.7 Å². The zero-order valence-electron chi connectivity index (χ0n) is 15.5. The van der Waals surface area contributed by atoms with Gasteiger partial charge in [-0.15, -0.1) is 11.3 Å². The lowest BCUT2D eigenvalue weighted by atomic mass is 10.2. The van der Waals surface area contributed by atoms with Gasteiger partial charge >= 0.3 is 0 Å². The van der Waals surface area contributed by atoms with E-state index < -0.39 is 0 Å². The van der Waals surface area contributed by atoms with E-state index in [4.69, 9.17) is 0 Å². The average molecular weight is 376 g/mol. The minimum atomic E-state index is 0.677. The van der Waals surface area contributed by atoms with Gasteiger partial charge in [-0.1, -0.05) is 30.3 Å². The zero-order chi connectivity index (χ0) is 18.8. The highest BCUT2D eigenvalue weighted by molar-refractivity contribution is 7.21. The largest absolute Gasteiger partial charge is 0.355 e. The molecule has 0 saturated carbocycles. The third-order valence-electron chi connectivity index (χ3n) is 4.24. The summed E-state index contributed by atoms with van der Waals surface area (Å²) in [4.78, 5) is 23.9. The lowest BCUT2D eigenvalue weighted by molar-refractivity contribution is 0.877. The van der Waals surface area contributed by atoms with E-state index in [0.29, 0.717) is 12.5 Å². The lowest BCUT2D eigenvalue weighted by Crippen LogP contribution is -2.19. The van der Waals surface area contributed by atoms with Gasteiger partial charge in [0.2, 0.25) is 5.95 Å². The molecule has 7 heteroatoms. The first-order valence-corrected chi connectivity index (χ1v) is 9.43. The van der Waals surface area contributed by atoms with Crippen molar-refractivity contribution in [3.8, 4) is 10.4 Å². The highest BCUT2D eigenvalue weighted by Gasteiger charge is 2.14. The molecule has 0 aliphatic carbocycles. The second-order valence-electron chi connectivity index (χ2n) is 6.53. The maximum absolute atomic E-state index is 4.53. The van der Waals surface area contributed by atoms with Crippen LogP contribution in [0.3, 0.4) is 0 Å². The molecule has 0 N–H and O–H groups in total. The van der Waals surface area contributed by atoms with Crippen molar-refractivity contribution in [2.45, 2.75) is 6.54 Å². The SMILES string of the molecule is CN(C)c1ncc(CN(C)c2ncnc3sc(-c4ccccc4)cc23)cn1. The molecule has 0 fully saturated rings. The first kappa shape index (κ1) is 17.4. The molecule has 0 radical (unpaired) electrons. The van der Waals surface area contributed by atoms with Crippen LogP contribution in [0.4, 0.5) is 11.8 Å². The number of benzene rings is 1. The van der Waals surface area contributed by atoms with Gasteiger partial charge < -0.3 is 9.80 Å². The lowest BCUT2D eigenvalue weighted by Gasteiger charge is -2.19. The van der Waals surface area contributed by atoms with E-state index in [9.17, 15) is 0 Å². The van der Waals surface area contributed by atoms with E-state index in [2.05, 4.69) is 55.2 Å². The Kier molecular flexibility index (Phi) is 4.68. The standard InChI is InChI=1S/C20H20N6S/c1-25(2)20-21-10-14(11-22-20)12-26(3)18-16-9-17(15-7-5-4-6-8-15)27-19(16)24-13-23-18/h4-11,13H,12H2,1-3H3. The minimum absolute atomic E-state index is 0.677. The molecular weight excluding hydrogens is 356 g/mol. The van der Waals surface area contributed by atoms with Crippen LogP contribution in [0.2, 0.25) is 0 Å². The van der Waals surface area contributed by atoms with Crippen LogP contribution in [-0.4, -0.2) is 41.1 Å². The number of hydrogen-bond donors (Lipinski definition) is 0. The molecule has 0 bridgehead atoms. The Hall–Kier alpha value is -3.06. The van der Waals surface area contributed by atoms with E-state index in [-0.39, 0.29) is 0 Å². The Morgan fingerprint density at radius 2 is 1.67 bits per heavy atom. The molecule has 0 spiro atoms. The maximum atomic E-state index is 4.53. The van der Waals surface area contributed by atoms with E-state index in [1.165, 1.54) is 10.4 Å². The third-order valence-corrected chi connectivity index (χ3v) is 5.33. The molecule has 136 valence electrons. The molecule has 0 atom stereocenters. The molecule has 3 heterocycles. The number of rotatable bonds is 5. The maximum Gasteiger partial charge on any atom is 0.224 e. The van der Waals surface area contributed by atoms with Crippen LogP contribution in [-0.2, 0) is 6.54 Å². The van der Waals surface area contributed by atoms with Crippen LogP contribution in [0.5, 0.6) is 0 Å². The Morgan fingerprint density at radius 1 is 0.926 bits per heavy atom. The summed E-state index contributed by atoms with van der Waals surface area (Å²) in [5, 5.41) is 1.06. The van der Waals surface area contributed by atoms with Crippen LogP contribution in [0.25, 0.3) is 20.7 Å². The Morgan fingerprint density at radius 3 is 2.37 bits per heavy atom. The summed E-state index contributed by atoms with van der Waals surface area (Å²) >= 11 is 1.69. The van der Waals surface area contributed by atoms with Gasteiger partial charge in [-0.25, -0.2) is 19.9 Å². The molecule has 0 aliphatic rings. The van der Waals surface area contributed by atoms with Gasteiger partial charge in [-0.3, -0.25) is 0 Å². The van der Waals surface area contributed by atoms with Crippen molar-refractivity contribution in [1.29, 1.82) is 0 Å². The Labute approximate surface area is 162 Å². The molecule has 0 aliphatic heterocycles. The molecule has 27 heavy (non-hydrogen) atoms. The Bertz CT molecular complexity index is 1040. The van der Waals surface area contributed by atoms with E-state index in [1.807, 2.05) is 44.5 Å². The normalized spacial score (nSPS) is 10.9. The van der Waals surface area contributed by atoms with Gasteiger partial charge in [0.15, 0.2) is 0 Å². The van der Waals surface area contributed by atoms with E-state index >= 15 is 0 Å². The summed E-state index contributed by atoms with van der Waals surface area (Å²) in [5.41, 5.74) is 2.23. The number of nitrogens with zero attached hydrogens (tertiary/aromatic N) is 6. The number of thiophene rings is 1. The number of anilines is 2. The van der Waals surface area contributed by atoms with Crippen molar-refractivity contribution >= 4 is 33.3 Å². The van der Waals surface area contributed by atoms with Crippen molar-refractivity contribution < 1.29 is 0 Å². The van der Waals surface area contributed by atoms with Gasteiger partial charge in [-0.05, 0) is 11.6 Å². The predicted molar refractivity (Wildman–Crippen MR) is 111 cm³/mol. The van der Waals surface area contributed by atoms with Gasteiger partial charge in [0.05, 0.1) is 5.39 Å². The summed E-state index contributed by atoms with van der Waals surface area (Å²) in [6.45, 7) is 0.677. The van der Waals surface area contributed by atoms with Crippen molar-refractivity contribution in [3.63, 3.8) is 0 Å². The fourth-order valence-electron chi connectivity index (χ4n) is 2.90. The van der Waals surface area contributed by atoms with Gasteiger partial charge in [-0.2, -0.15) is 0 Å². The highest BCUT2D eigenvalue weighted by Crippen LogP contribution is 2.35. The third kappa shape index (κ3) is 3.59. The second-order valence-corrected chi connectivity index (χ2v) is 7.57. The van der Waals surface area contributed by atoms with E-state index in [0.717, 1.165) is 21.6 Å². The Balaban J connectivity index is 1.63. The van der Waals surface area contributed by atoms with E-state index in [1.54, 1.807) is 17.7 Å². The van der Waals surface area contributed by atoms with Gasteiger partial charge in [0.25, 0.3) is 0 Å². The molecule has 0 saturated heterocycles. The smallest absolute Gasteiger partial charge is 0.224 e. The topological polar surface area (TPSA) is 58.0 Å². The molecule has 4 aromatic rings. The molecule has 0 unspecified atom stereocenters. The van der Waals surface area contributed by atoms with Crippen LogP contribution >= 0.6 is 11.3 Å². The summed E-state index contributed by atoms with van der Waals surface area (Å²) < 4.78 is 0. The highest BCUT2D eigenvalue weighted by atomic mass is 32.1. The number of aromatic nitrogens is 4. The zero-order valence-corrected chi connectivity index (χ0v) is 16.3.